The van der Waals surface area contributed by atoms with Crippen LogP contribution in [0.2, 0.25) is 5.02 Å². The highest BCUT2D eigenvalue weighted by atomic mass is 35.5. The fourth-order valence-electron chi connectivity index (χ4n) is 4.20. The van der Waals surface area contributed by atoms with Gasteiger partial charge in [-0.05, 0) is 63.3 Å². The van der Waals surface area contributed by atoms with Gasteiger partial charge in [-0.25, -0.2) is 9.97 Å². The maximum absolute atomic E-state index is 9.15. The normalized spacial score (nSPS) is 11.6. The van der Waals surface area contributed by atoms with Gasteiger partial charge in [0.05, 0.1) is 22.7 Å². The first-order valence-electron chi connectivity index (χ1n) is 13.4. The van der Waals surface area contributed by atoms with Crippen LogP contribution in [0.15, 0.2) is 55.5 Å². The average molecular weight is 568 g/mol. The van der Waals surface area contributed by atoms with E-state index in [4.69, 9.17) is 26.5 Å². The first-order chi connectivity index (χ1) is 19.1. The number of benzene rings is 1. The van der Waals surface area contributed by atoms with Crippen molar-refractivity contribution in [2.45, 2.75) is 59.9 Å². The lowest BCUT2D eigenvalue weighted by Gasteiger charge is -2.13. The van der Waals surface area contributed by atoms with Crippen LogP contribution in [-0.2, 0) is 19.4 Å². The molecule has 0 aliphatic heterocycles. The number of hydrogen-bond donors (Lipinski definition) is 2. The molecule has 3 heterocycles. The smallest absolute Gasteiger partial charge is 0.142 e. The Kier molecular flexibility index (Phi) is 12.0. The lowest BCUT2D eigenvalue weighted by Crippen LogP contribution is -2.04. The number of anilines is 2. The molecule has 0 saturated carbocycles. The summed E-state index contributed by atoms with van der Waals surface area (Å²) < 4.78 is 7.72. The second-order valence-electron chi connectivity index (χ2n) is 8.53. The first-order valence-corrected chi connectivity index (χ1v) is 14.6. The van der Waals surface area contributed by atoms with E-state index in [0.29, 0.717) is 30.3 Å². The van der Waals surface area contributed by atoms with Gasteiger partial charge in [0, 0.05) is 35.5 Å². The zero-order valence-corrected chi connectivity index (χ0v) is 24.8. The van der Waals surface area contributed by atoms with Crippen molar-refractivity contribution in [2.75, 3.05) is 18.5 Å². The SMILES string of the molecule is C/C=C\CCOc1ccc(Nc2ncnc3sc4c(c23)CCc2nn(CCCO)cc2-4)cc1Cl.C=CC.CC. The number of aromatic nitrogens is 4. The molecule has 0 amide bonds. The lowest BCUT2D eigenvalue weighted by molar-refractivity contribution is 0.277. The van der Waals surface area contributed by atoms with Gasteiger partial charge in [0.25, 0.3) is 0 Å². The van der Waals surface area contributed by atoms with Crippen molar-refractivity contribution in [3.8, 4) is 16.2 Å². The highest BCUT2D eigenvalue weighted by Crippen LogP contribution is 2.45. The summed E-state index contributed by atoms with van der Waals surface area (Å²) in [6.45, 7) is 12.7. The predicted molar refractivity (Wildman–Crippen MR) is 165 cm³/mol. The lowest BCUT2D eigenvalue weighted by atomic mass is 9.95. The van der Waals surface area contributed by atoms with Gasteiger partial charge in [-0.2, -0.15) is 5.10 Å². The number of ether oxygens (including phenoxy) is 1. The van der Waals surface area contributed by atoms with Gasteiger partial charge in [0.1, 0.15) is 22.7 Å². The van der Waals surface area contributed by atoms with E-state index >= 15 is 0 Å². The minimum absolute atomic E-state index is 0.163. The number of aliphatic hydroxyl groups excluding tert-OH is 1. The summed E-state index contributed by atoms with van der Waals surface area (Å²) in [6, 6.07) is 5.70. The van der Waals surface area contributed by atoms with Crippen LogP contribution in [0, 0.1) is 0 Å². The number of nitrogens with one attached hydrogen (secondary N) is 1. The average Bonchev–Trinajstić information content (AvgIpc) is 3.54. The number of fused-ring (bicyclic) bond motifs is 5. The summed E-state index contributed by atoms with van der Waals surface area (Å²) in [5.41, 5.74) is 4.37. The highest BCUT2D eigenvalue weighted by molar-refractivity contribution is 7.22. The van der Waals surface area contributed by atoms with Gasteiger partial charge >= 0.3 is 0 Å². The van der Waals surface area contributed by atoms with E-state index in [-0.39, 0.29) is 6.61 Å². The van der Waals surface area contributed by atoms with E-state index in [1.165, 1.54) is 10.4 Å². The van der Waals surface area contributed by atoms with Crippen LogP contribution in [0.3, 0.4) is 0 Å². The van der Waals surface area contributed by atoms with Crippen molar-refractivity contribution in [3.05, 3.63) is 71.8 Å². The predicted octanol–water partition coefficient (Wildman–Crippen LogP) is 8.00. The van der Waals surface area contributed by atoms with Crippen LogP contribution in [0.5, 0.6) is 5.75 Å². The molecule has 0 bridgehead atoms. The first kappa shape index (κ1) is 30.3. The zero-order valence-electron chi connectivity index (χ0n) is 23.2. The van der Waals surface area contributed by atoms with Crippen LogP contribution in [0.1, 0.15) is 51.8 Å². The van der Waals surface area contributed by atoms with E-state index in [9.17, 15) is 0 Å². The van der Waals surface area contributed by atoms with Crippen molar-refractivity contribution in [1.29, 1.82) is 0 Å². The Balaban J connectivity index is 0.000000787. The van der Waals surface area contributed by atoms with E-state index in [1.54, 1.807) is 23.7 Å². The van der Waals surface area contributed by atoms with Crippen LogP contribution in [0.4, 0.5) is 11.5 Å². The van der Waals surface area contributed by atoms with Crippen molar-refractivity contribution in [3.63, 3.8) is 0 Å². The molecule has 0 unspecified atom stereocenters. The van der Waals surface area contributed by atoms with Gasteiger partial charge in [-0.3, -0.25) is 4.68 Å². The number of thiophene rings is 1. The van der Waals surface area contributed by atoms with E-state index in [1.807, 2.05) is 56.7 Å². The minimum Gasteiger partial charge on any atom is -0.492 e. The van der Waals surface area contributed by atoms with Gasteiger partial charge in [-0.1, -0.05) is 43.7 Å². The topological polar surface area (TPSA) is 85.1 Å². The molecular formula is C30H38ClN5O2S. The van der Waals surface area contributed by atoms with E-state index in [2.05, 4.69) is 34.1 Å². The molecule has 0 atom stereocenters. The maximum Gasteiger partial charge on any atom is 0.142 e. The van der Waals surface area contributed by atoms with E-state index in [0.717, 1.165) is 52.2 Å². The quantitative estimate of drug-likeness (QED) is 0.157. The molecule has 39 heavy (non-hydrogen) atoms. The maximum atomic E-state index is 9.15. The molecule has 0 fully saturated rings. The highest BCUT2D eigenvalue weighted by Gasteiger charge is 2.26. The Hall–Kier alpha value is -3.20. The largest absolute Gasteiger partial charge is 0.492 e. The minimum atomic E-state index is 0.163. The summed E-state index contributed by atoms with van der Waals surface area (Å²) in [7, 11) is 0. The van der Waals surface area contributed by atoms with Crippen LogP contribution >= 0.6 is 22.9 Å². The molecule has 1 aliphatic carbocycles. The second-order valence-corrected chi connectivity index (χ2v) is 9.93. The molecule has 2 N–H and O–H groups in total. The van der Waals surface area contributed by atoms with Crippen molar-refractivity contribution >= 4 is 44.7 Å². The number of rotatable bonds is 9. The number of aliphatic hydroxyl groups is 1. The summed E-state index contributed by atoms with van der Waals surface area (Å²) in [4.78, 5) is 11.3. The summed E-state index contributed by atoms with van der Waals surface area (Å²) in [5.74, 6) is 1.44. The Morgan fingerprint density at radius 2 is 2.03 bits per heavy atom. The summed E-state index contributed by atoms with van der Waals surface area (Å²) in [5, 5.41) is 18.9. The number of allylic oxidation sites excluding steroid dienone is 2. The van der Waals surface area contributed by atoms with Gasteiger partial charge < -0.3 is 15.2 Å². The molecule has 0 spiro atoms. The van der Waals surface area contributed by atoms with Crippen molar-refractivity contribution in [2.24, 2.45) is 0 Å². The number of aryl methyl sites for hydroxylation is 3. The van der Waals surface area contributed by atoms with Crippen LogP contribution < -0.4 is 10.1 Å². The van der Waals surface area contributed by atoms with Gasteiger partial charge in [0.15, 0.2) is 0 Å². The molecule has 7 nitrogen and oxygen atoms in total. The molecule has 1 aliphatic rings. The Labute approximate surface area is 240 Å². The van der Waals surface area contributed by atoms with Crippen LogP contribution in [0.25, 0.3) is 20.7 Å². The molecule has 5 rings (SSSR count). The Morgan fingerprint density at radius 1 is 1.23 bits per heavy atom. The van der Waals surface area contributed by atoms with Gasteiger partial charge in [0.2, 0.25) is 0 Å². The number of hydrogen-bond acceptors (Lipinski definition) is 7. The Morgan fingerprint density at radius 3 is 2.74 bits per heavy atom. The molecule has 0 radical (unpaired) electrons. The standard InChI is InChI=1S/C25H26ClN5O2S.C3H6.C2H6/c1-2-3-4-12-33-21-9-6-16(13-19(21)26)29-24-22-17-7-8-20-18(14-31(30-20)10-5-11-32)23(17)34-25(22)28-15-27-24;1-3-2;1-2/h2-3,6,9,13-15,32H,4-5,7-8,10-12H2,1H3,(H,27,28,29);3H,1H2,2H3;1-2H3/b3-2-;;. The molecular weight excluding hydrogens is 530 g/mol. The second kappa shape index (κ2) is 15.4. The van der Waals surface area contributed by atoms with Crippen molar-refractivity contribution in [1.82, 2.24) is 19.7 Å². The zero-order chi connectivity index (χ0) is 28.2. The van der Waals surface area contributed by atoms with E-state index < -0.39 is 0 Å². The molecule has 4 aromatic rings. The van der Waals surface area contributed by atoms with Crippen molar-refractivity contribution < 1.29 is 9.84 Å². The monoisotopic (exact) mass is 567 g/mol. The fourth-order valence-corrected chi connectivity index (χ4v) is 5.66. The third-order valence-corrected chi connectivity index (χ3v) is 7.27. The molecule has 9 heteroatoms. The number of nitrogens with zero attached hydrogens (tertiary/aromatic N) is 4. The third kappa shape index (κ3) is 7.47. The molecule has 3 aromatic heterocycles. The summed E-state index contributed by atoms with van der Waals surface area (Å²) >= 11 is 8.15. The van der Waals surface area contributed by atoms with Gasteiger partial charge in [-0.15, -0.1) is 17.9 Å². The summed E-state index contributed by atoms with van der Waals surface area (Å²) in [6.07, 6.45) is 12.8. The number of halogens is 1. The fraction of sp³-hybridized carbons (Fsp3) is 0.367. The third-order valence-electron chi connectivity index (χ3n) is 5.80. The molecule has 0 saturated heterocycles. The van der Waals surface area contributed by atoms with Crippen LogP contribution in [-0.4, -0.2) is 38.1 Å². The molecule has 208 valence electrons. The molecule has 1 aromatic carbocycles. The Bertz CT molecular complexity index is 1400.